The molecule has 180 valence electrons. The lowest BCUT2D eigenvalue weighted by molar-refractivity contribution is -0.137. The molecule has 2 aromatic carbocycles. The molecule has 0 unspecified atom stereocenters. The molecule has 0 N–H and O–H groups in total. The molecule has 0 atom stereocenters. The van der Waals surface area contributed by atoms with Crippen LogP contribution in [0.1, 0.15) is 28.8 Å². The van der Waals surface area contributed by atoms with E-state index >= 15 is 0 Å². The highest BCUT2D eigenvalue weighted by molar-refractivity contribution is 5.62. The van der Waals surface area contributed by atoms with Crippen LogP contribution in [0.5, 0.6) is 0 Å². The van der Waals surface area contributed by atoms with E-state index in [-0.39, 0.29) is 0 Å². The van der Waals surface area contributed by atoms with E-state index in [4.69, 9.17) is 15.1 Å². The minimum Gasteiger partial charge on any atom is -0.368 e. The van der Waals surface area contributed by atoms with E-state index < -0.39 is 11.7 Å². The Labute approximate surface area is 201 Å². The standard InChI is InChI=1S/C26H25F3N6/c1-17-8-10-18(11-9-17)23-31-25-30-22-7-3-6-21(22)24(35(25)32-23)34-14-12-33(13-15-34)20-5-2-4-19(16-20)26(27,28)29/h2,4-5,8-11,16H,3,6-7,12-15H2,1H3. The monoisotopic (exact) mass is 478 g/mol. The Morgan fingerprint density at radius 2 is 1.60 bits per heavy atom. The van der Waals surface area contributed by atoms with Crippen LogP contribution in [0.15, 0.2) is 48.5 Å². The molecule has 1 aliphatic heterocycles. The average molecular weight is 479 g/mol. The second-order valence-electron chi connectivity index (χ2n) is 9.25. The molecule has 6 nitrogen and oxygen atoms in total. The van der Waals surface area contributed by atoms with E-state index in [1.54, 1.807) is 6.07 Å². The number of fused-ring (bicyclic) bond motifs is 2. The van der Waals surface area contributed by atoms with Gasteiger partial charge in [-0.25, -0.2) is 4.98 Å². The van der Waals surface area contributed by atoms with E-state index in [0.29, 0.717) is 43.5 Å². The molecule has 4 aromatic rings. The Bertz CT molecular complexity index is 1380. The third-order valence-corrected chi connectivity index (χ3v) is 6.91. The van der Waals surface area contributed by atoms with Crippen molar-refractivity contribution in [3.63, 3.8) is 0 Å². The summed E-state index contributed by atoms with van der Waals surface area (Å²) in [5.74, 6) is 2.26. The molecule has 0 saturated carbocycles. The number of rotatable bonds is 3. The van der Waals surface area contributed by atoms with Gasteiger partial charge in [-0.05, 0) is 44.4 Å². The largest absolute Gasteiger partial charge is 0.416 e. The highest BCUT2D eigenvalue weighted by Gasteiger charge is 2.32. The number of aryl methyl sites for hydroxylation is 2. The lowest BCUT2D eigenvalue weighted by Crippen LogP contribution is -2.47. The number of hydrogen-bond acceptors (Lipinski definition) is 5. The quantitative estimate of drug-likeness (QED) is 0.418. The lowest BCUT2D eigenvalue weighted by Gasteiger charge is -2.38. The predicted molar refractivity (Wildman–Crippen MR) is 129 cm³/mol. The summed E-state index contributed by atoms with van der Waals surface area (Å²) in [5, 5.41) is 4.84. The lowest BCUT2D eigenvalue weighted by atomic mass is 10.1. The van der Waals surface area contributed by atoms with Crippen LogP contribution in [0.25, 0.3) is 17.2 Å². The zero-order valence-corrected chi connectivity index (χ0v) is 19.4. The van der Waals surface area contributed by atoms with Gasteiger partial charge in [-0.2, -0.15) is 22.7 Å². The number of hydrogen-bond donors (Lipinski definition) is 0. The number of alkyl halides is 3. The first kappa shape index (κ1) is 21.9. The first-order valence-corrected chi connectivity index (χ1v) is 11.9. The molecular formula is C26H25F3N6. The predicted octanol–water partition coefficient (Wildman–Crippen LogP) is 4.93. The van der Waals surface area contributed by atoms with Crippen molar-refractivity contribution in [2.45, 2.75) is 32.4 Å². The summed E-state index contributed by atoms with van der Waals surface area (Å²) < 4.78 is 41.4. The summed E-state index contributed by atoms with van der Waals surface area (Å²) in [5.41, 5.74) is 4.40. The fourth-order valence-corrected chi connectivity index (χ4v) is 5.06. The first-order valence-electron chi connectivity index (χ1n) is 11.9. The fraction of sp³-hybridized carbons (Fsp3) is 0.346. The van der Waals surface area contributed by atoms with Crippen LogP contribution in [0, 0.1) is 6.92 Å². The molecule has 6 rings (SSSR count). The Morgan fingerprint density at radius 3 is 2.34 bits per heavy atom. The third-order valence-electron chi connectivity index (χ3n) is 6.91. The number of halogens is 3. The number of piperazine rings is 1. The molecule has 3 heterocycles. The highest BCUT2D eigenvalue weighted by Crippen LogP contribution is 2.34. The smallest absolute Gasteiger partial charge is 0.368 e. The van der Waals surface area contributed by atoms with Gasteiger partial charge in [-0.15, -0.1) is 5.10 Å². The van der Waals surface area contributed by atoms with Gasteiger partial charge < -0.3 is 9.80 Å². The van der Waals surface area contributed by atoms with Crippen molar-refractivity contribution >= 4 is 17.3 Å². The van der Waals surface area contributed by atoms with Crippen molar-refractivity contribution in [2.75, 3.05) is 36.0 Å². The van der Waals surface area contributed by atoms with E-state index in [9.17, 15) is 13.2 Å². The Hall–Kier alpha value is -3.62. The maximum Gasteiger partial charge on any atom is 0.416 e. The van der Waals surface area contributed by atoms with Gasteiger partial charge in [0.1, 0.15) is 5.82 Å². The molecule has 0 bridgehead atoms. The first-order chi connectivity index (χ1) is 16.9. The minimum absolute atomic E-state index is 0.594. The Morgan fingerprint density at radius 1 is 0.857 bits per heavy atom. The molecule has 1 fully saturated rings. The Balaban J connectivity index is 1.32. The Kier molecular flexibility index (Phi) is 5.16. The van der Waals surface area contributed by atoms with Gasteiger partial charge in [-0.1, -0.05) is 35.9 Å². The van der Waals surface area contributed by atoms with Crippen LogP contribution < -0.4 is 9.80 Å². The molecular weight excluding hydrogens is 453 g/mol. The number of anilines is 2. The zero-order chi connectivity index (χ0) is 24.2. The fourth-order valence-electron chi connectivity index (χ4n) is 5.06. The molecule has 0 amide bonds. The van der Waals surface area contributed by atoms with Crippen LogP contribution in [-0.2, 0) is 19.0 Å². The summed E-state index contributed by atoms with van der Waals surface area (Å²) in [6, 6.07) is 13.7. The van der Waals surface area contributed by atoms with E-state index in [1.165, 1.54) is 23.3 Å². The van der Waals surface area contributed by atoms with E-state index in [1.807, 2.05) is 40.6 Å². The number of nitrogens with zero attached hydrogens (tertiary/aromatic N) is 6. The second-order valence-corrected chi connectivity index (χ2v) is 9.25. The average Bonchev–Trinajstić information content (AvgIpc) is 3.49. The van der Waals surface area contributed by atoms with Crippen LogP contribution in [0.2, 0.25) is 0 Å². The van der Waals surface area contributed by atoms with Gasteiger partial charge in [0.25, 0.3) is 5.78 Å². The van der Waals surface area contributed by atoms with Crippen molar-refractivity contribution in [3.8, 4) is 11.4 Å². The van der Waals surface area contributed by atoms with Crippen LogP contribution in [-0.4, -0.2) is 45.8 Å². The number of aromatic nitrogens is 4. The van der Waals surface area contributed by atoms with Gasteiger partial charge in [0, 0.05) is 43.0 Å². The maximum atomic E-state index is 13.2. The maximum absolute atomic E-state index is 13.2. The van der Waals surface area contributed by atoms with Crippen LogP contribution in [0.4, 0.5) is 24.7 Å². The second kappa shape index (κ2) is 8.25. The van der Waals surface area contributed by atoms with Gasteiger partial charge in [0.15, 0.2) is 5.82 Å². The van der Waals surface area contributed by atoms with Gasteiger partial charge in [-0.3, -0.25) is 0 Å². The molecule has 2 aromatic heterocycles. The summed E-state index contributed by atoms with van der Waals surface area (Å²) in [7, 11) is 0. The summed E-state index contributed by atoms with van der Waals surface area (Å²) in [6.07, 6.45) is -1.42. The molecule has 35 heavy (non-hydrogen) atoms. The molecule has 9 heteroatoms. The van der Waals surface area contributed by atoms with Gasteiger partial charge in [0.05, 0.1) is 11.3 Å². The van der Waals surface area contributed by atoms with Crippen LogP contribution in [0.3, 0.4) is 0 Å². The summed E-state index contributed by atoms with van der Waals surface area (Å²) >= 11 is 0. The summed E-state index contributed by atoms with van der Waals surface area (Å²) in [6.45, 7) is 4.66. The van der Waals surface area contributed by atoms with Crippen molar-refractivity contribution in [3.05, 3.63) is 70.9 Å². The van der Waals surface area contributed by atoms with Crippen LogP contribution >= 0.6 is 0 Å². The molecule has 0 spiro atoms. The van der Waals surface area contributed by atoms with E-state index in [2.05, 4.69) is 4.90 Å². The summed E-state index contributed by atoms with van der Waals surface area (Å²) in [4.78, 5) is 13.9. The SMILES string of the molecule is Cc1ccc(-c2nc3nc4c(c(N5CCN(c6cccc(C(F)(F)F)c6)CC5)n3n2)CCC4)cc1. The minimum atomic E-state index is -4.34. The number of benzene rings is 2. The topological polar surface area (TPSA) is 49.6 Å². The molecule has 1 saturated heterocycles. The molecule has 0 radical (unpaired) electrons. The highest BCUT2D eigenvalue weighted by atomic mass is 19.4. The third kappa shape index (κ3) is 3.98. The van der Waals surface area contributed by atoms with Gasteiger partial charge in [0.2, 0.25) is 0 Å². The van der Waals surface area contributed by atoms with Crippen molar-refractivity contribution in [2.24, 2.45) is 0 Å². The normalized spacial score (nSPS) is 16.2. The van der Waals surface area contributed by atoms with Crippen molar-refractivity contribution < 1.29 is 13.2 Å². The molecule has 1 aliphatic carbocycles. The van der Waals surface area contributed by atoms with E-state index in [0.717, 1.165) is 42.4 Å². The van der Waals surface area contributed by atoms with Gasteiger partial charge >= 0.3 is 6.18 Å². The van der Waals surface area contributed by atoms with Crippen molar-refractivity contribution in [1.82, 2.24) is 19.6 Å². The van der Waals surface area contributed by atoms with Crippen molar-refractivity contribution in [1.29, 1.82) is 0 Å². The zero-order valence-electron chi connectivity index (χ0n) is 19.4. The molecule has 2 aliphatic rings.